The molecule has 0 fully saturated rings. The summed E-state index contributed by atoms with van der Waals surface area (Å²) in [5.41, 5.74) is 3.21. The lowest BCUT2D eigenvalue weighted by Crippen LogP contribution is -2.35. The maximum Gasteiger partial charge on any atom is 0.323 e. The lowest BCUT2D eigenvalue weighted by atomic mass is 10.0. The summed E-state index contributed by atoms with van der Waals surface area (Å²) in [6.45, 7) is 1.40. The summed E-state index contributed by atoms with van der Waals surface area (Å²) in [4.78, 5) is 25.9. The van der Waals surface area contributed by atoms with Crippen molar-refractivity contribution in [3.8, 4) is 28.4 Å². The third-order valence-electron chi connectivity index (χ3n) is 5.40. The number of hydrogen-bond acceptors (Lipinski definition) is 4. The van der Waals surface area contributed by atoms with Crippen LogP contribution in [-0.2, 0) is 4.79 Å². The number of hydrogen-bond donors (Lipinski definition) is 2. The second kappa shape index (κ2) is 11.0. The number of benzene rings is 4. The van der Waals surface area contributed by atoms with Gasteiger partial charge in [-0.3, -0.25) is 14.5 Å². The number of phenols is 1. The van der Waals surface area contributed by atoms with Crippen LogP contribution in [0.5, 0.6) is 17.2 Å². The minimum Gasteiger partial charge on any atom is -0.507 e. The van der Waals surface area contributed by atoms with Crippen molar-refractivity contribution in [2.75, 3.05) is 11.4 Å². The standard InChI is InChI=1S/C28H21Br2NO5/c1-17-7-9-19(10-8-17)28(35)31(16-26(33)34)20-13-23(29)27(24(30)14-20)36-21-11-12-25(32)22(15-21)18-5-3-2-4-6-18/h2-15,32H,16H2,1H3,(H,33,34). The molecule has 0 radical (unpaired) electrons. The van der Waals surface area contributed by atoms with Gasteiger partial charge in [-0.05, 0) is 86.8 Å². The van der Waals surface area contributed by atoms with E-state index in [9.17, 15) is 19.8 Å². The number of nitrogens with zero attached hydrogens (tertiary/aromatic N) is 1. The first-order valence-electron chi connectivity index (χ1n) is 10.9. The molecular weight excluding hydrogens is 590 g/mol. The summed E-state index contributed by atoms with van der Waals surface area (Å²) in [7, 11) is 0. The first-order valence-corrected chi connectivity index (χ1v) is 12.5. The summed E-state index contributed by atoms with van der Waals surface area (Å²) in [6, 6.07) is 24.6. The van der Waals surface area contributed by atoms with E-state index in [-0.39, 0.29) is 5.75 Å². The summed E-state index contributed by atoms with van der Waals surface area (Å²) in [5, 5.41) is 19.8. The van der Waals surface area contributed by atoms with Crippen LogP contribution in [-0.4, -0.2) is 28.6 Å². The van der Waals surface area contributed by atoms with Crippen molar-refractivity contribution in [2.45, 2.75) is 6.92 Å². The maximum absolute atomic E-state index is 13.2. The van der Waals surface area contributed by atoms with E-state index >= 15 is 0 Å². The number of carbonyl (C=O) groups is 2. The Morgan fingerprint density at radius 3 is 2.14 bits per heavy atom. The van der Waals surface area contributed by atoms with Gasteiger partial charge in [0.2, 0.25) is 0 Å². The van der Waals surface area contributed by atoms with E-state index in [1.165, 1.54) is 4.90 Å². The van der Waals surface area contributed by atoms with Crippen molar-refractivity contribution in [3.05, 3.63) is 105 Å². The first-order chi connectivity index (χ1) is 17.2. The largest absolute Gasteiger partial charge is 0.507 e. The molecular formula is C28H21Br2NO5. The number of aliphatic carboxylic acids is 1. The van der Waals surface area contributed by atoms with Crippen molar-refractivity contribution in [3.63, 3.8) is 0 Å². The molecule has 0 bridgehead atoms. The zero-order valence-electron chi connectivity index (χ0n) is 19.1. The predicted octanol–water partition coefficient (Wildman–Crippen LogP) is 7.42. The van der Waals surface area contributed by atoms with Crippen molar-refractivity contribution in [1.29, 1.82) is 0 Å². The lowest BCUT2D eigenvalue weighted by Gasteiger charge is -2.23. The number of rotatable bonds is 7. The van der Waals surface area contributed by atoms with Crippen LogP contribution in [0.15, 0.2) is 93.9 Å². The molecule has 4 rings (SSSR count). The zero-order valence-corrected chi connectivity index (χ0v) is 22.3. The number of anilines is 1. The second-order valence-electron chi connectivity index (χ2n) is 8.04. The molecule has 0 heterocycles. The minimum atomic E-state index is -1.14. The van der Waals surface area contributed by atoms with Crippen LogP contribution in [0.2, 0.25) is 0 Å². The number of aromatic hydroxyl groups is 1. The molecule has 1 amide bonds. The fourth-order valence-electron chi connectivity index (χ4n) is 3.61. The average Bonchev–Trinajstić information content (AvgIpc) is 2.86. The summed E-state index contributed by atoms with van der Waals surface area (Å²) in [5.74, 6) is -0.530. The van der Waals surface area contributed by atoms with E-state index in [1.807, 2.05) is 37.3 Å². The fraction of sp³-hybridized carbons (Fsp3) is 0.0714. The van der Waals surface area contributed by atoms with E-state index in [4.69, 9.17) is 4.74 Å². The average molecular weight is 611 g/mol. The van der Waals surface area contributed by atoms with Crippen LogP contribution < -0.4 is 9.64 Å². The molecule has 182 valence electrons. The highest BCUT2D eigenvalue weighted by Gasteiger charge is 2.23. The maximum atomic E-state index is 13.2. The number of aryl methyl sites for hydroxylation is 1. The Labute approximate surface area is 225 Å². The number of carboxylic acid groups (broad SMARTS) is 1. The van der Waals surface area contributed by atoms with Crippen LogP contribution in [0.4, 0.5) is 5.69 Å². The molecule has 0 aliphatic rings. The van der Waals surface area contributed by atoms with Crippen molar-refractivity contribution < 1.29 is 24.5 Å². The number of carboxylic acids is 1. The highest BCUT2D eigenvalue weighted by Crippen LogP contribution is 2.42. The van der Waals surface area contributed by atoms with Crippen LogP contribution in [0, 0.1) is 6.92 Å². The van der Waals surface area contributed by atoms with Crippen LogP contribution in [0.3, 0.4) is 0 Å². The summed E-state index contributed by atoms with van der Waals surface area (Å²) < 4.78 is 7.12. The van der Waals surface area contributed by atoms with Crippen molar-refractivity contribution >= 4 is 49.4 Å². The van der Waals surface area contributed by atoms with Gasteiger partial charge in [0, 0.05) is 16.8 Å². The molecule has 36 heavy (non-hydrogen) atoms. The molecule has 0 aliphatic carbocycles. The van der Waals surface area contributed by atoms with Gasteiger partial charge >= 0.3 is 5.97 Å². The molecule has 0 aliphatic heterocycles. The van der Waals surface area contributed by atoms with Gasteiger partial charge in [0.05, 0.1) is 8.95 Å². The number of halogens is 2. The first kappa shape index (κ1) is 25.5. The SMILES string of the molecule is Cc1ccc(C(=O)N(CC(=O)O)c2cc(Br)c(Oc3ccc(O)c(-c4ccccc4)c3)c(Br)c2)cc1. The smallest absolute Gasteiger partial charge is 0.323 e. The Morgan fingerprint density at radius 2 is 1.53 bits per heavy atom. The quantitative estimate of drug-likeness (QED) is 0.227. The van der Waals surface area contributed by atoms with Gasteiger partial charge in [0.1, 0.15) is 18.0 Å². The molecule has 0 saturated heterocycles. The molecule has 0 atom stereocenters. The molecule has 4 aromatic carbocycles. The van der Waals surface area contributed by atoms with Gasteiger partial charge < -0.3 is 14.9 Å². The number of phenolic OH excluding ortho intramolecular Hbond substituents is 1. The Hall–Kier alpha value is -3.62. The normalized spacial score (nSPS) is 10.6. The molecule has 0 saturated carbocycles. The Bertz CT molecular complexity index is 1400. The van der Waals surface area contributed by atoms with Gasteiger partial charge in [-0.15, -0.1) is 0 Å². The number of carbonyl (C=O) groups excluding carboxylic acids is 1. The fourth-order valence-corrected chi connectivity index (χ4v) is 4.94. The van der Waals surface area contributed by atoms with E-state index in [0.29, 0.717) is 37.3 Å². The van der Waals surface area contributed by atoms with E-state index < -0.39 is 18.4 Å². The van der Waals surface area contributed by atoms with Crippen LogP contribution >= 0.6 is 31.9 Å². The third kappa shape index (κ3) is 5.78. The predicted molar refractivity (Wildman–Crippen MR) is 146 cm³/mol. The third-order valence-corrected chi connectivity index (χ3v) is 6.58. The Balaban J connectivity index is 1.67. The topological polar surface area (TPSA) is 87.1 Å². The monoisotopic (exact) mass is 609 g/mol. The summed E-state index contributed by atoms with van der Waals surface area (Å²) >= 11 is 6.99. The molecule has 6 nitrogen and oxygen atoms in total. The lowest BCUT2D eigenvalue weighted by molar-refractivity contribution is -0.135. The Kier molecular flexibility index (Phi) is 7.76. The number of amides is 1. The molecule has 8 heteroatoms. The van der Waals surface area contributed by atoms with Gasteiger partial charge in [-0.2, -0.15) is 0 Å². The molecule has 0 spiro atoms. The van der Waals surface area contributed by atoms with E-state index in [0.717, 1.165) is 11.1 Å². The Morgan fingerprint density at radius 1 is 0.889 bits per heavy atom. The van der Waals surface area contributed by atoms with E-state index in [1.54, 1.807) is 54.6 Å². The van der Waals surface area contributed by atoms with Crippen LogP contribution in [0.1, 0.15) is 15.9 Å². The van der Waals surface area contributed by atoms with Crippen molar-refractivity contribution in [2.24, 2.45) is 0 Å². The zero-order chi connectivity index (χ0) is 25.8. The van der Waals surface area contributed by atoms with E-state index in [2.05, 4.69) is 31.9 Å². The van der Waals surface area contributed by atoms with Gasteiger partial charge in [-0.25, -0.2) is 0 Å². The minimum absolute atomic E-state index is 0.126. The molecule has 2 N–H and O–H groups in total. The highest BCUT2D eigenvalue weighted by atomic mass is 79.9. The highest BCUT2D eigenvalue weighted by molar-refractivity contribution is 9.11. The van der Waals surface area contributed by atoms with Gasteiger partial charge in [-0.1, -0.05) is 48.0 Å². The van der Waals surface area contributed by atoms with Crippen molar-refractivity contribution in [1.82, 2.24) is 0 Å². The summed E-state index contributed by atoms with van der Waals surface area (Å²) in [6.07, 6.45) is 0. The molecule has 0 unspecified atom stereocenters. The number of ether oxygens (including phenoxy) is 1. The second-order valence-corrected chi connectivity index (χ2v) is 9.75. The van der Waals surface area contributed by atoms with Crippen LogP contribution in [0.25, 0.3) is 11.1 Å². The van der Waals surface area contributed by atoms with Gasteiger partial charge in [0.15, 0.2) is 5.75 Å². The molecule has 0 aromatic heterocycles. The molecule has 4 aromatic rings. The van der Waals surface area contributed by atoms with Gasteiger partial charge in [0.25, 0.3) is 5.91 Å².